The predicted octanol–water partition coefficient (Wildman–Crippen LogP) is 5.26. The zero-order valence-electron chi connectivity index (χ0n) is 20.3. The molecule has 0 saturated carbocycles. The molecule has 0 N–H and O–H groups in total. The molecule has 0 spiro atoms. The van der Waals surface area contributed by atoms with Gasteiger partial charge in [-0.05, 0) is 45.8 Å². The minimum atomic E-state index is -4.44. The molecule has 194 valence electrons. The summed E-state index contributed by atoms with van der Waals surface area (Å²) in [5.41, 5.74) is 1.80. The molecule has 1 fully saturated rings. The van der Waals surface area contributed by atoms with Crippen molar-refractivity contribution in [3.05, 3.63) is 101 Å². The van der Waals surface area contributed by atoms with Crippen molar-refractivity contribution in [2.75, 3.05) is 31.1 Å². The normalized spacial score (nSPS) is 15.7. The molecule has 6 rings (SSSR count). The van der Waals surface area contributed by atoms with Crippen molar-refractivity contribution < 1.29 is 13.2 Å². The fourth-order valence-electron chi connectivity index (χ4n) is 4.85. The van der Waals surface area contributed by atoms with Gasteiger partial charge >= 0.3 is 6.18 Å². The van der Waals surface area contributed by atoms with Gasteiger partial charge in [-0.25, -0.2) is 9.67 Å². The SMILES string of the molecule is FC(F)(F)c1cccc(C(c2nnnn2Cc2ccccc2)N2CCN(c3nc4ccccc4s3)CC2)c1. The van der Waals surface area contributed by atoms with Crippen LogP contribution in [0.15, 0.2) is 78.9 Å². The van der Waals surface area contributed by atoms with E-state index in [0.29, 0.717) is 44.1 Å². The number of thiazole rings is 1. The first-order valence-electron chi connectivity index (χ1n) is 12.3. The molecule has 0 radical (unpaired) electrons. The highest BCUT2D eigenvalue weighted by atomic mass is 32.1. The number of rotatable bonds is 6. The van der Waals surface area contributed by atoms with Gasteiger partial charge in [0.1, 0.15) is 0 Å². The first-order valence-corrected chi connectivity index (χ1v) is 13.1. The lowest BCUT2D eigenvalue weighted by Crippen LogP contribution is -2.48. The van der Waals surface area contributed by atoms with E-state index in [1.165, 1.54) is 12.1 Å². The van der Waals surface area contributed by atoms with E-state index in [2.05, 4.69) is 31.4 Å². The quantitative estimate of drug-likeness (QED) is 0.296. The highest BCUT2D eigenvalue weighted by Gasteiger charge is 2.35. The maximum absolute atomic E-state index is 13.6. The fraction of sp³-hybridized carbons (Fsp3) is 0.259. The Kier molecular flexibility index (Phi) is 6.54. The maximum atomic E-state index is 13.6. The molecule has 0 amide bonds. The van der Waals surface area contributed by atoms with Crippen molar-refractivity contribution in [1.29, 1.82) is 0 Å². The lowest BCUT2D eigenvalue weighted by molar-refractivity contribution is -0.137. The van der Waals surface area contributed by atoms with E-state index in [1.54, 1.807) is 22.1 Å². The Labute approximate surface area is 221 Å². The highest BCUT2D eigenvalue weighted by molar-refractivity contribution is 7.22. The number of piperazine rings is 1. The van der Waals surface area contributed by atoms with E-state index in [9.17, 15) is 13.2 Å². The Bertz CT molecular complexity index is 1490. The number of anilines is 1. The molecule has 2 aromatic heterocycles. The monoisotopic (exact) mass is 535 g/mol. The molecular formula is C27H24F3N7S. The van der Waals surface area contributed by atoms with E-state index in [-0.39, 0.29) is 0 Å². The van der Waals surface area contributed by atoms with Gasteiger partial charge in [-0.3, -0.25) is 4.90 Å². The number of para-hydroxylation sites is 1. The van der Waals surface area contributed by atoms with Crippen molar-refractivity contribution in [3.8, 4) is 0 Å². The Morgan fingerprint density at radius 1 is 0.868 bits per heavy atom. The first-order chi connectivity index (χ1) is 18.5. The third-order valence-corrected chi connectivity index (χ3v) is 7.84. The Hall–Kier alpha value is -3.83. The third-order valence-electron chi connectivity index (χ3n) is 6.74. The number of hydrogen-bond donors (Lipinski definition) is 0. The van der Waals surface area contributed by atoms with Gasteiger partial charge in [0.2, 0.25) is 0 Å². The molecule has 3 aromatic carbocycles. The standard InChI is InChI=1S/C27H24F3N7S/c28-27(29,30)21-10-6-9-20(17-21)24(25-32-33-34-37(25)18-19-7-2-1-3-8-19)35-13-15-36(16-14-35)26-31-22-11-4-5-12-23(22)38-26/h1-12,17,24H,13-16,18H2. The van der Waals surface area contributed by atoms with Gasteiger partial charge in [-0.1, -0.05) is 65.9 Å². The number of aromatic nitrogens is 5. The number of nitrogens with zero attached hydrogens (tertiary/aromatic N) is 7. The molecule has 7 nitrogen and oxygen atoms in total. The highest BCUT2D eigenvalue weighted by Crippen LogP contribution is 2.35. The summed E-state index contributed by atoms with van der Waals surface area (Å²) in [6.45, 7) is 3.04. The van der Waals surface area contributed by atoms with Crippen LogP contribution in [0.25, 0.3) is 10.2 Å². The van der Waals surface area contributed by atoms with Gasteiger partial charge in [0.15, 0.2) is 11.0 Å². The topological polar surface area (TPSA) is 63.0 Å². The lowest BCUT2D eigenvalue weighted by Gasteiger charge is -2.39. The van der Waals surface area contributed by atoms with Gasteiger partial charge in [0.25, 0.3) is 0 Å². The molecule has 1 aliphatic heterocycles. The van der Waals surface area contributed by atoms with Gasteiger partial charge in [-0.15, -0.1) is 5.10 Å². The minimum absolute atomic E-state index is 0.421. The average Bonchev–Trinajstić information content (AvgIpc) is 3.57. The summed E-state index contributed by atoms with van der Waals surface area (Å²) in [4.78, 5) is 9.17. The molecule has 1 unspecified atom stereocenters. The molecule has 0 bridgehead atoms. The summed E-state index contributed by atoms with van der Waals surface area (Å²) in [5.74, 6) is 0.515. The molecular weight excluding hydrogens is 511 g/mol. The van der Waals surface area contributed by atoms with E-state index in [0.717, 1.165) is 27.0 Å². The summed E-state index contributed by atoms with van der Waals surface area (Å²) in [6, 6.07) is 22.7. The molecule has 3 heterocycles. The van der Waals surface area contributed by atoms with Crippen LogP contribution in [-0.4, -0.2) is 56.3 Å². The number of hydrogen-bond acceptors (Lipinski definition) is 7. The third kappa shape index (κ3) is 4.99. The maximum Gasteiger partial charge on any atom is 0.416 e. The Balaban J connectivity index is 1.31. The number of tetrazole rings is 1. The van der Waals surface area contributed by atoms with Gasteiger partial charge in [-0.2, -0.15) is 13.2 Å². The smallest absolute Gasteiger partial charge is 0.345 e. The largest absolute Gasteiger partial charge is 0.416 e. The first kappa shape index (κ1) is 24.5. The van der Waals surface area contributed by atoms with Crippen LogP contribution < -0.4 is 4.90 Å². The number of halogens is 3. The second-order valence-electron chi connectivity index (χ2n) is 9.19. The van der Waals surface area contributed by atoms with Crippen molar-refractivity contribution in [2.45, 2.75) is 18.8 Å². The van der Waals surface area contributed by atoms with Crippen molar-refractivity contribution in [1.82, 2.24) is 30.1 Å². The fourth-order valence-corrected chi connectivity index (χ4v) is 5.87. The zero-order chi connectivity index (χ0) is 26.1. The molecule has 11 heteroatoms. The van der Waals surface area contributed by atoms with Crippen LogP contribution in [0.4, 0.5) is 18.3 Å². The minimum Gasteiger partial charge on any atom is -0.345 e. The Morgan fingerprint density at radius 2 is 1.63 bits per heavy atom. The summed E-state index contributed by atoms with van der Waals surface area (Å²) in [5, 5.41) is 13.4. The van der Waals surface area contributed by atoms with Crippen molar-refractivity contribution in [2.24, 2.45) is 0 Å². The summed E-state index contributed by atoms with van der Waals surface area (Å²) in [6.07, 6.45) is -4.44. The predicted molar refractivity (Wildman–Crippen MR) is 140 cm³/mol. The van der Waals surface area contributed by atoms with Gasteiger partial charge in [0, 0.05) is 26.2 Å². The molecule has 0 aliphatic carbocycles. The summed E-state index contributed by atoms with van der Waals surface area (Å²) >= 11 is 1.65. The van der Waals surface area contributed by atoms with Crippen LogP contribution in [-0.2, 0) is 12.7 Å². The van der Waals surface area contributed by atoms with Crippen LogP contribution in [0.3, 0.4) is 0 Å². The summed E-state index contributed by atoms with van der Waals surface area (Å²) in [7, 11) is 0. The Morgan fingerprint density at radius 3 is 2.39 bits per heavy atom. The van der Waals surface area contributed by atoms with Crippen LogP contribution >= 0.6 is 11.3 Å². The molecule has 1 atom stereocenters. The second kappa shape index (κ2) is 10.1. The van der Waals surface area contributed by atoms with E-state index < -0.39 is 17.8 Å². The second-order valence-corrected chi connectivity index (χ2v) is 10.2. The zero-order valence-corrected chi connectivity index (χ0v) is 21.1. The average molecular weight is 536 g/mol. The number of alkyl halides is 3. The van der Waals surface area contributed by atoms with E-state index >= 15 is 0 Å². The van der Waals surface area contributed by atoms with Crippen LogP contribution in [0.1, 0.15) is 28.6 Å². The van der Waals surface area contributed by atoms with E-state index in [4.69, 9.17) is 4.98 Å². The molecule has 1 aliphatic rings. The lowest BCUT2D eigenvalue weighted by atomic mass is 10.0. The van der Waals surface area contributed by atoms with Gasteiger partial charge < -0.3 is 4.90 Å². The van der Waals surface area contributed by atoms with Crippen LogP contribution in [0, 0.1) is 0 Å². The molecule has 1 saturated heterocycles. The van der Waals surface area contributed by atoms with Crippen molar-refractivity contribution in [3.63, 3.8) is 0 Å². The number of fused-ring (bicyclic) bond motifs is 1. The van der Waals surface area contributed by atoms with Crippen LogP contribution in [0.2, 0.25) is 0 Å². The summed E-state index contributed by atoms with van der Waals surface area (Å²) < 4.78 is 43.7. The van der Waals surface area contributed by atoms with Gasteiger partial charge in [0.05, 0.1) is 28.4 Å². The van der Waals surface area contributed by atoms with E-state index in [1.807, 2.05) is 48.5 Å². The molecule has 38 heavy (non-hydrogen) atoms. The molecule has 5 aromatic rings. The van der Waals surface area contributed by atoms with Crippen LogP contribution in [0.5, 0.6) is 0 Å². The number of benzene rings is 3. The van der Waals surface area contributed by atoms with Crippen molar-refractivity contribution >= 4 is 26.7 Å².